The maximum absolute atomic E-state index is 12.7. The van der Waals surface area contributed by atoms with Crippen LogP contribution in [-0.4, -0.2) is 129 Å². The highest BCUT2D eigenvalue weighted by atomic mass is 32.2. The van der Waals surface area contributed by atoms with Gasteiger partial charge < -0.3 is 38.2 Å². The lowest BCUT2D eigenvalue weighted by molar-refractivity contribution is -0.159. The molecule has 1 aliphatic heterocycles. The Morgan fingerprint density at radius 1 is 0.444 bits per heavy atom. The summed E-state index contributed by atoms with van der Waals surface area (Å²) >= 11 is 0. The van der Waals surface area contributed by atoms with Gasteiger partial charge in [-0.15, -0.1) is 0 Å². The van der Waals surface area contributed by atoms with Gasteiger partial charge >= 0.3 is 11.9 Å². The normalized spacial score (nSPS) is 14.0. The molecule has 0 aliphatic carbocycles. The summed E-state index contributed by atoms with van der Waals surface area (Å²) in [4.78, 5) is 30.4. The van der Waals surface area contributed by atoms with Crippen LogP contribution in [0.4, 0.5) is 0 Å². The predicted octanol–water partition coefficient (Wildman–Crippen LogP) is 14.2. The van der Waals surface area contributed by atoms with Crippen molar-refractivity contribution in [3.05, 3.63) is 48.6 Å². The van der Waals surface area contributed by atoms with Gasteiger partial charge in [-0.3, -0.25) is 13.8 Å². The first-order chi connectivity index (χ1) is 35.4. The van der Waals surface area contributed by atoms with Crippen molar-refractivity contribution in [2.24, 2.45) is 0 Å². The highest BCUT2D eigenvalue weighted by Gasteiger charge is 2.17. The Morgan fingerprint density at radius 2 is 0.778 bits per heavy atom. The van der Waals surface area contributed by atoms with Crippen LogP contribution in [0.3, 0.4) is 0 Å². The summed E-state index contributed by atoms with van der Waals surface area (Å²) in [5.74, 6) is 1.26. The van der Waals surface area contributed by atoms with E-state index in [0.717, 1.165) is 205 Å². The van der Waals surface area contributed by atoms with E-state index >= 15 is 0 Å². The first-order valence-electron chi connectivity index (χ1n) is 29.6. The van der Waals surface area contributed by atoms with Gasteiger partial charge in [-0.1, -0.05) is 115 Å². The molecule has 12 heteroatoms. The number of carbonyl (C=O) groups is 2. The van der Waals surface area contributed by atoms with Crippen molar-refractivity contribution >= 4 is 22.7 Å². The Labute approximate surface area is 444 Å². The molecule has 0 amide bonds. The average molecular weight is 1040 g/mol. The van der Waals surface area contributed by atoms with E-state index in [1.165, 1.54) is 12.8 Å². The van der Waals surface area contributed by atoms with Crippen molar-refractivity contribution in [1.29, 1.82) is 0 Å². The summed E-state index contributed by atoms with van der Waals surface area (Å²) in [6, 6.07) is 0. The van der Waals surface area contributed by atoms with E-state index in [0.29, 0.717) is 65.3 Å². The van der Waals surface area contributed by atoms with Crippen LogP contribution < -0.4 is 0 Å². The molecule has 420 valence electrons. The number of esters is 2. The predicted molar refractivity (Wildman–Crippen MR) is 302 cm³/mol. The summed E-state index contributed by atoms with van der Waals surface area (Å²) in [5, 5.41) is 0. The van der Waals surface area contributed by atoms with Crippen LogP contribution >= 0.6 is 0 Å². The lowest BCUT2D eigenvalue weighted by Gasteiger charge is -2.30. The summed E-state index contributed by atoms with van der Waals surface area (Å²) in [7, 11) is -0.656. The fraction of sp³-hybridized carbons (Fsp3) is 0.833. The fourth-order valence-corrected chi connectivity index (χ4v) is 9.45. The van der Waals surface area contributed by atoms with Crippen LogP contribution in [0.2, 0.25) is 0 Å². The third-order valence-electron chi connectivity index (χ3n) is 12.8. The van der Waals surface area contributed by atoms with Crippen LogP contribution in [-0.2, 0) is 48.8 Å². The number of hydrogen-bond acceptors (Lipinski definition) is 11. The largest absolute Gasteiger partial charge is 0.466 e. The highest BCUT2D eigenvalue weighted by molar-refractivity contribution is 7.85. The second kappa shape index (κ2) is 53.6. The van der Waals surface area contributed by atoms with Crippen molar-refractivity contribution in [2.75, 3.05) is 90.4 Å². The second-order valence-corrected chi connectivity index (χ2v) is 21.1. The van der Waals surface area contributed by atoms with E-state index < -0.39 is 10.8 Å². The molecule has 1 aliphatic rings. The van der Waals surface area contributed by atoms with Gasteiger partial charge in [0.15, 0.2) is 12.6 Å². The fourth-order valence-electron chi connectivity index (χ4n) is 8.32. The van der Waals surface area contributed by atoms with Gasteiger partial charge in [0.1, 0.15) is 0 Å². The molecule has 0 atom stereocenters. The quantitative estimate of drug-likeness (QED) is 0.0251. The monoisotopic (exact) mass is 1030 g/mol. The average Bonchev–Trinajstić information content (AvgIpc) is 3.38. The smallest absolute Gasteiger partial charge is 0.305 e. The lowest BCUT2D eigenvalue weighted by Crippen LogP contribution is -2.42. The maximum Gasteiger partial charge on any atom is 0.305 e. The van der Waals surface area contributed by atoms with E-state index in [1.54, 1.807) is 0 Å². The SMILES string of the molecule is CC/C=C\CCCCOC(CCC(=O)OCCCCCCCN(CCCCCCCOC(=O)CCC(OCCCC/C=C\CC)OCCCC/C=C\CC)CCN1CCS(=O)CC1)OCCCC/C=C\CC. The first-order valence-corrected chi connectivity index (χ1v) is 31.1. The topological polar surface area (TPSA) is 113 Å². The van der Waals surface area contributed by atoms with Gasteiger partial charge in [0.25, 0.3) is 0 Å². The lowest BCUT2D eigenvalue weighted by atomic mass is 10.1. The molecule has 1 rings (SSSR count). The zero-order valence-corrected chi connectivity index (χ0v) is 47.7. The van der Waals surface area contributed by atoms with Crippen molar-refractivity contribution in [3.63, 3.8) is 0 Å². The second-order valence-electron chi connectivity index (χ2n) is 19.4. The molecule has 0 aromatic rings. The number of allylic oxidation sites excluding steroid dienone is 8. The van der Waals surface area contributed by atoms with E-state index in [9.17, 15) is 13.8 Å². The third-order valence-corrected chi connectivity index (χ3v) is 14.1. The minimum Gasteiger partial charge on any atom is -0.466 e. The van der Waals surface area contributed by atoms with E-state index in [2.05, 4.69) is 86.1 Å². The molecule has 0 N–H and O–H groups in total. The summed E-state index contributed by atoms with van der Waals surface area (Å²) in [6.07, 6.45) is 46.4. The minimum absolute atomic E-state index is 0.165. The van der Waals surface area contributed by atoms with Gasteiger partial charge in [0.05, 0.1) is 26.1 Å². The van der Waals surface area contributed by atoms with Crippen LogP contribution in [0.25, 0.3) is 0 Å². The van der Waals surface area contributed by atoms with E-state index in [4.69, 9.17) is 28.4 Å². The van der Waals surface area contributed by atoms with Gasteiger partial charge in [-0.25, -0.2) is 0 Å². The Balaban J connectivity index is 2.35. The zero-order valence-electron chi connectivity index (χ0n) is 46.9. The molecule has 0 bridgehead atoms. The Morgan fingerprint density at radius 3 is 1.14 bits per heavy atom. The van der Waals surface area contributed by atoms with Crippen molar-refractivity contribution in [2.45, 2.75) is 233 Å². The molecule has 11 nitrogen and oxygen atoms in total. The highest BCUT2D eigenvalue weighted by Crippen LogP contribution is 2.14. The number of ether oxygens (including phenoxy) is 6. The number of nitrogens with zero attached hydrogens (tertiary/aromatic N) is 2. The zero-order chi connectivity index (χ0) is 52.1. The maximum atomic E-state index is 12.7. The molecule has 1 heterocycles. The molecule has 0 saturated carbocycles. The molecule has 0 aromatic carbocycles. The standard InChI is InChI=1S/C60H110N2O9S/c1-5-9-13-17-25-35-51-68-59(69-52-36-26-18-14-10-6-2)41-39-57(63)66-49-33-29-21-23-31-43-61(45-46-62-47-55-72(65)56-48-62)44-32-24-22-30-34-50-67-58(64)40-42-60(70-53-37-27-19-15-11-7-3)71-54-38-28-20-16-12-8-4/h9-16,59-60H,5-8,17-56H2,1-4H3/b13-9-,14-10-,15-11-,16-12-. The molecule has 72 heavy (non-hydrogen) atoms. The molecule has 1 saturated heterocycles. The molecule has 0 radical (unpaired) electrons. The summed E-state index contributed by atoms with van der Waals surface area (Å²) in [6.45, 7) is 18.3. The number of carbonyl (C=O) groups excluding carboxylic acids is 2. The van der Waals surface area contributed by atoms with Gasteiger partial charge in [0.2, 0.25) is 0 Å². The van der Waals surface area contributed by atoms with E-state index in [-0.39, 0.29) is 24.5 Å². The van der Waals surface area contributed by atoms with Crippen LogP contribution in [0, 0.1) is 0 Å². The van der Waals surface area contributed by atoms with Crippen molar-refractivity contribution < 1.29 is 42.2 Å². The van der Waals surface area contributed by atoms with Crippen LogP contribution in [0.5, 0.6) is 0 Å². The van der Waals surface area contributed by atoms with Crippen molar-refractivity contribution in [3.8, 4) is 0 Å². The van der Waals surface area contributed by atoms with E-state index in [1.807, 2.05) is 0 Å². The Hall–Kier alpha value is -2.19. The first kappa shape index (κ1) is 67.8. The van der Waals surface area contributed by atoms with Gasteiger partial charge in [-0.05, 0) is 142 Å². The van der Waals surface area contributed by atoms with Crippen LogP contribution in [0.15, 0.2) is 48.6 Å². The molecular formula is C60H110N2O9S. The van der Waals surface area contributed by atoms with Gasteiger partial charge in [0, 0.05) is 87.8 Å². The molecule has 1 fully saturated rings. The molecule has 0 spiro atoms. The molecule has 0 unspecified atom stereocenters. The number of hydrogen-bond donors (Lipinski definition) is 0. The molecule has 0 aromatic heterocycles. The Bertz CT molecular complexity index is 1220. The molecular weight excluding hydrogens is 925 g/mol. The number of rotatable bonds is 53. The third kappa shape index (κ3) is 46.3. The summed E-state index contributed by atoms with van der Waals surface area (Å²) < 4.78 is 47.5. The van der Waals surface area contributed by atoms with Crippen LogP contribution in [0.1, 0.15) is 220 Å². The van der Waals surface area contributed by atoms with Gasteiger partial charge in [-0.2, -0.15) is 0 Å². The Kier molecular flexibility index (Phi) is 50.5. The van der Waals surface area contributed by atoms with Crippen molar-refractivity contribution in [1.82, 2.24) is 9.80 Å². The minimum atomic E-state index is -0.656. The number of unbranched alkanes of at least 4 members (excludes halogenated alkanes) is 16. The summed E-state index contributed by atoms with van der Waals surface area (Å²) in [5.41, 5.74) is 0.